The molecule has 1 aromatic heterocycles. The number of hydrogen-bond donors (Lipinski definition) is 2. The van der Waals surface area contributed by atoms with Gasteiger partial charge < -0.3 is 25.5 Å². The van der Waals surface area contributed by atoms with E-state index in [2.05, 4.69) is 10.1 Å². The molecule has 23 heavy (non-hydrogen) atoms. The maximum Gasteiger partial charge on any atom is 0.404 e. The van der Waals surface area contributed by atoms with E-state index in [1.807, 2.05) is 12.1 Å². The number of likely N-dealkylation sites (tertiary alicyclic amines) is 1. The zero-order valence-electron chi connectivity index (χ0n) is 12.9. The fourth-order valence-corrected chi connectivity index (χ4v) is 2.97. The number of amides is 1. The number of hydrogen-bond acceptors (Lipinski definition) is 7. The third kappa shape index (κ3) is 3.31. The zero-order chi connectivity index (χ0) is 16.4. The minimum absolute atomic E-state index is 0.0881. The van der Waals surface area contributed by atoms with Gasteiger partial charge in [0.25, 0.3) is 0 Å². The lowest BCUT2D eigenvalue weighted by molar-refractivity contribution is 0.0541. The van der Waals surface area contributed by atoms with Crippen molar-refractivity contribution in [1.29, 1.82) is 0 Å². The Balaban J connectivity index is 1.69. The smallest absolute Gasteiger partial charge is 0.404 e. The van der Waals surface area contributed by atoms with E-state index in [-0.39, 0.29) is 6.10 Å². The number of primary amides is 1. The van der Waals surface area contributed by atoms with Crippen molar-refractivity contribution in [2.45, 2.75) is 25.5 Å². The standard InChI is InChI=1S/C15H20N4O4/c1-21-11-6-9(7-12-13(11)14(16)18-23-12)8-19-4-2-10(3-5-19)22-15(17)20/h6-7,10H,2-5,8H2,1H3,(H2,16,18)(H2,17,20). The van der Waals surface area contributed by atoms with Crippen molar-refractivity contribution >= 4 is 22.9 Å². The molecule has 1 saturated heterocycles. The molecule has 3 rings (SSSR count). The molecule has 0 bridgehead atoms. The Morgan fingerprint density at radius 1 is 1.43 bits per heavy atom. The first-order valence-corrected chi connectivity index (χ1v) is 7.47. The molecule has 2 heterocycles. The van der Waals surface area contributed by atoms with E-state index in [1.165, 1.54) is 0 Å². The Morgan fingerprint density at radius 2 is 2.17 bits per heavy atom. The molecule has 1 fully saturated rings. The molecule has 0 spiro atoms. The minimum atomic E-state index is -0.707. The lowest BCUT2D eigenvalue weighted by atomic mass is 10.1. The number of ether oxygens (including phenoxy) is 2. The van der Waals surface area contributed by atoms with Gasteiger partial charge >= 0.3 is 6.09 Å². The summed E-state index contributed by atoms with van der Waals surface area (Å²) < 4.78 is 15.7. The highest BCUT2D eigenvalue weighted by molar-refractivity contribution is 5.93. The lowest BCUT2D eigenvalue weighted by Crippen LogP contribution is -2.38. The lowest BCUT2D eigenvalue weighted by Gasteiger charge is -2.31. The van der Waals surface area contributed by atoms with E-state index in [0.29, 0.717) is 22.5 Å². The van der Waals surface area contributed by atoms with E-state index < -0.39 is 6.09 Å². The molecule has 8 heteroatoms. The molecule has 0 aliphatic carbocycles. The van der Waals surface area contributed by atoms with Crippen LogP contribution in [0.25, 0.3) is 11.0 Å². The third-order valence-corrected chi connectivity index (χ3v) is 4.07. The van der Waals surface area contributed by atoms with Gasteiger partial charge in [0.1, 0.15) is 17.2 Å². The second-order valence-corrected chi connectivity index (χ2v) is 5.65. The zero-order valence-corrected chi connectivity index (χ0v) is 12.9. The summed E-state index contributed by atoms with van der Waals surface area (Å²) >= 11 is 0. The van der Waals surface area contributed by atoms with Gasteiger partial charge in [-0.25, -0.2) is 4.79 Å². The fourth-order valence-electron chi connectivity index (χ4n) is 2.97. The number of methoxy groups -OCH3 is 1. The Bertz CT molecular complexity index is 707. The van der Waals surface area contributed by atoms with Crippen molar-refractivity contribution in [2.75, 3.05) is 25.9 Å². The van der Waals surface area contributed by atoms with Crippen LogP contribution < -0.4 is 16.2 Å². The number of benzene rings is 1. The number of rotatable bonds is 4. The molecule has 1 amide bonds. The molecule has 0 radical (unpaired) electrons. The Morgan fingerprint density at radius 3 is 2.83 bits per heavy atom. The van der Waals surface area contributed by atoms with Crippen LogP contribution in [0.1, 0.15) is 18.4 Å². The first kappa shape index (κ1) is 15.4. The van der Waals surface area contributed by atoms with E-state index in [1.54, 1.807) is 7.11 Å². The highest BCUT2D eigenvalue weighted by Crippen LogP contribution is 2.32. The van der Waals surface area contributed by atoms with Crippen LogP contribution in [0.15, 0.2) is 16.7 Å². The maximum absolute atomic E-state index is 10.8. The molecule has 1 aliphatic heterocycles. The van der Waals surface area contributed by atoms with Gasteiger partial charge in [0.15, 0.2) is 11.4 Å². The van der Waals surface area contributed by atoms with Gasteiger partial charge in [0, 0.05) is 19.6 Å². The molecule has 0 saturated carbocycles. The van der Waals surface area contributed by atoms with Crippen molar-refractivity contribution in [1.82, 2.24) is 10.1 Å². The van der Waals surface area contributed by atoms with Crippen LogP contribution in [0, 0.1) is 0 Å². The number of nitrogens with two attached hydrogens (primary N) is 2. The van der Waals surface area contributed by atoms with E-state index >= 15 is 0 Å². The van der Waals surface area contributed by atoms with Crippen LogP contribution in [-0.2, 0) is 11.3 Å². The summed E-state index contributed by atoms with van der Waals surface area (Å²) in [5, 5.41) is 4.48. The van der Waals surface area contributed by atoms with E-state index in [4.69, 9.17) is 25.5 Å². The minimum Gasteiger partial charge on any atom is -0.496 e. The molecule has 0 atom stereocenters. The number of nitrogens with zero attached hydrogens (tertiary/aromatic N) is 2. The van der Waals surface area contributed by atoms with Crippen molar-refractivity contribution in [3.63, 3.8) is 0 Å². The monoisotopic (exact) mass is 320 g/mol. The van der Waals surface area contributed by atoms with Crippen LogP contribution >= 0.6 is 0 Å². The average molecular weight is 320 g/mol. The van der Waals surface area contributed by atoms with Crippen LogP contribution in [-0.4, -0.2) is 42.5 Å². The van der Waals surface area contributed by atoms with E-state index in [9.17, 15) is 4.79 Å². The summed E-state index contributed by atoms with van der Waals surface area (Å²) in [5.41, 5.74) is 12.5. The second-order valence-electron chi connectivity index (χ2n) is 5.65. The first-order valence-electron chi connectivity index (χ1n) is 7.47. The summed E-state index contributed by atoms with van der Waals surface area (Å²) in [6, 6.07) is 3.87. The summed E-state index contributed by atoms with van der Waals surface area (Å²) in [7, 11) is 1.59. The number of piperidine rings is 1. The van der Waals surface area contributed by atoms with Gasteiger partial charge in [-0.2, -0.15) is 0 Å². The number of carbonyl (C=O) groups is 1. The molecule has 8 nitrogen and oxygen atoms in total. The normalized spacial score (nSPS) is 16.6. The average Bonchev–Trinajstić information content (AvgIpc) is 2.89. The van der Waals surface area contributed by atoms with Crippen LogP contribution in [0.4, 0.5) is 10.6 Å². The largest absolute Gasteiger partial charge is 0.496 e. The molecule has 2 aromatic rings. The fraction of sp³-hybridized carbons (Fsp3) is 0.467. The Labute approximate surface area is 133 Å². The van der Waals surface area contributed by atoms with Crippen molar-refractivity contribution < 1.29 is 18.8 Å². The Hall–Kier alpha value is -2.48. The molecular weight excluding hydrogens is 300 g/mol. The molecule has 4 N–H and O–H groups in total. The highest BCUT2D eigenvalue weighted by atomic mass is 16.6. The second kappa shape index (κ2) is 6.33. The van der Waals surface area contributed by atoms with E-state index in [0.717, 1.165) is 38.0 Å². The van der Waals surface area contributed by atoms with Crippen LogP contribution in [0.2, 0.25) is 0 Å². The summed E-state index contributed by atoms with van der Waals surface area (Å²) in [6.45, 7) is 2.41. The summed E-state index contributed by atoms with van der Waals surface area (Å²) in [5.74, 6) is 0.982. The van der Waals surface area contributed by atoms with Gasteiger partial charge in [-0.3, -0.25) is 4.90 Å². The summed E-state index contributed by atoms with van der Waals surface area (Å²) in [6.07, 6.45) is 0.756. The molecule has 124 valence electrons. The topological polar surface area (TPSA) is 117 Å². The number of fused-ring (bicyclic) bond motifs is 1. The van der Waals surface area contributed by atoms with Gasteiger partial charge in [0.05, 0.1) is 7.11 Å². The molecule has 1 aromatic carbocycles. The van der Waals surface area contributed by atoms with Crippen molar-refractivity contribution in [3.05, 3.63) is 17.7 Å². The number of nitrogen functional groups attached to an aromatic ring is 1. The number of carbonyl (C=O) groups excluding carboxylic acids is 1. The SMILES string of the molecule is COc1cc(CN2CCC(OC(N)=O)CC2)cc2onc(N)c12. The van der Waals surface area contributed by atoms with Crippen molar-refractivity contribution in [2.24, 2.45) is 5.73 Å². The predicted molar refractivity (Wildman–Crippen MR) is 83.9 cm³/mol. The third-order valence-electron chi connectivity index (χ3n) is 4.07. The maximum atomic E-state index is 10.8. The quantitative estimate of drug-likeness (QED) is 0.876. The van der Waals surface area contributed by atoms with Gasteiger partial charge in [-0.05, 0) is 30.5 Å². The van der Waals surface area contributed by atoms with Gasteiger partial charge in [-0.1, -0.05) is 5.16 Å². The summed E-state index contributed by atoms with van der Waals surface area (Å²) in [4.78, 5) is 13.1. The van der Waals surface area contributed by atoms with Gasteiger partial charge in [0.2, 0.25) is 0 Å². The first-order chi connectivity index (χ1) is 11.1. The Kier molecular flexibility index (Phi) is 4.24. The van der Waals surface area contributed by atoms with Gasteiger partial charge in [-0.15, -0.1) is 0 Å². The van der Waals surface area contributed by atoms with Crippen LogP contribution in [0.5, 0.6) is 5.75 Å². The molecule has 0 unspecified atom stereocenters. The van der Waals surface area contributed by atoms with Crippen molar-refractivity contribution in [3.8, 4) is 5.75 Å². The highest BCUT2D eigenvalue weighted by Gasteiger charge is 2.22. The predicted octanol–water partition coefficient (Wildman–Crippen LogP) is 1.48. The molecular formula is C15H20N4O4. The van der Waals surface area contributed by atoms with Crippen LogP contribution in [0.3, 0.4) is 0 Å². The molecule has 1 aliphatic rings. The number of anilines is 1. The number of aromatic nitrogens is 1.